The van der Waals surface area contributed by atoms with Gasteiger partial charge in [0, 0.05) is 0 Å². The van der Waals surface area contributed by atoms with Crippen molar-refractivity contribution in [2.75, 3.05) is 0 Å². The van der Waals surface area contributed by atoms with Crippen molar-refractivity contribution in [1.29, 1.82) is 0 Å². The molecule has 1 N–H and O–H groups in total. The molecule has 0 saturated carbocycles. The van der Waals surface area contributed by atoms with Crippen molar-refractivity contribution in [3.05, 3.63) is 24.2 Å². The van der Waals surface area contributed by atoms with E-state index in [0.717, 1.165) is 0 Å². The minimum absolute atomic E-state index is 0.133. The molecule has 0 aromatic carbocycles. The molecule has 15 heavy (non-hydrogen) atoms. The molecule has 6 heteroatoms. The Labute approximate surface area is 89.9 Å². The molecule has 78 valence electrons. The number of nitrogens with zero attached hydrogens (tertiary/aromatic N) is 1. The molecule has 2 rings (SSSR count). The number of furan rings is 1. The van der Waals surface area contributed by atoms with Gasteiger partial charge in [-0.2, -0.15) is 4.99 Å². The molecule has 0 aliphatic carbocycles. The first kappa shape index (κ1) is 9.97. The highest BCUT2D eigenvalue weighted by atomic mass is 32.2. The van der Waals surface area contributed by atoms with Crippen molar-refractivity contribution in [3.8, 4) is 0 Å². The maximum atomic E-state index is 11.4. The molecular formula is C9H8N2O3S. The Kier molecular flexibility index (Phi) is 2.59. The molecule has 0 spiro atoms. The third-order valence-electron chi connectivity index (χ3n) is 1.82. The zero-order valence-corrected chi connectivity index (χ0v) is 8.71. The van der Waals surface area contributed by atoms with Crippen molar-refractivity contribution >= 4 is 28.7 Å². The van der Waals surface area contributed by atoms with Crippen LogP contribution in [0.15, 0.2) is 27.8 Å². The number of hydrogen-bond donors (Lipinski definition) is 1. The SMILES string of the molecule is C[C@@H]1SC(=NC(=O)c2ccco2)NC1=O. The molecule has 1 saturated heterocycles. The van der Waals surface area contributed by atoms with Crippen molar-refractivity contribution in [2.45, 2.75) is 12.2 Å². The Morgan fingerprint density at radius 2 is 2.47 bits per heavy atom. The first-order valence-electron chi connectivity index (χ1n) is 4.31. The van der Waals surface area contributed by atoms with Crippen molar-refractivity contribution in [3.63, 3.8) is 0 Å². The maximum Gasteiger partial charge on any atom is 0.315 e. The van der Waals surface area contributed by atoms with Gasteiger partial charge in [-0.15, -0.1) is 0 Å². The number of thioether (sulfide) groups is 1. The van der Waals surface area contributed by atoms with Crippen LogP contribution in [-0.4, -0.2) is 22.2 Å². The summed E-state index contributed by atoms with van der Waals surface area (Å²) in [4.78, 5) is 26.3. The number of amides is 2. The summed E-state index contributed by atoms with van der Waals surface area (Å²) in [5.41, 5.74) is 0. The lowest BCUT2D eigenvalue weighted by Gasteiger charge is -1.92. The summed E-state index contributed by atoms with van der Waals surface area (Å²) in [7, 11) is 0. The lowest BCUT2D eigenvalue weighted by molar-refractivity contribution is -0.118. The van der Waals surface area contributed by atoms with Gasteiger partial charge in [-0.3, -0.25) is 9.59 Å². The fourth-order valence-corrected chi connectivity index (χ4v) is 1.86. The molecule has 1 aromatic heterocycles. The van der Waals surface area contributed by atoms with E-state index in [1.807, 2.05) is 0 Å². The van der Waals surface area contributed by atoms with Crippen LogP contribution in [0.4, 0.5) is 0 Å². The van der Waals surface area contributed by atoms with E-state index in [0.29, 0.717) is 5.17 Å². The molecule has 5 nitrogen and oxygen atoms in total. The van der Waals surface area contributed by atoms with Crippen LogP contribution in [0.3, 0.4) is 0 Å². The molecule has 0 radical (unpaired) electrons. The lowest BCUT2D eigenvalue weighted by Crippen LogP contribution is -2.23. The molecular weight excluding hydrogens is 216 g/mol. The Balaban J connectivity index is 2.12. The Morgan fingerprint density at radius 3 is 3.00 bits per heavy atom. The van der Waals surface area contributed by atoms with Crippen LogP contribution < -0.4 is 5.32 Å². The van der Waals surface area contributed by atoms with Gasteiger partial charge in [0.2, 0.25) is 5.91 Å². The average Bonchev–Trinajstić information content (AvgIpc) is 2.77. The second-order valence-electron chi connectivity index (χ2n) is 2.95. The molecule has 2 heterocycles. The molecule has 1 aliphatic rings. The van der Waals surface area contributed by atoms with Crippen LogP contribution in [0, 0.1) is 0 Å². The quantitative estimate of drug-likeness (QED) is 0.773. The monoisotopic (exact) mass is 224 g/mol. The zero-order valence-electron chi connectivity index (χ0n) is 7.89. The van der Waals surface area contributed by atoms with Gasteiger partial charge in [0.1, 0.15) is 0 Å². The second kappa shape index (κ2) is 3.90. The first-order valence-corrected chi connectivity index (χ1v) is 5.19. The van der Waals surface area contributed by atoms with E-state index in [2.05, 4.69) is 10.3 Å². The van der Waals surface area contributed by atoms with E-state index in [4.69, 9.17) is 4.42 Å². The van der Waals surface area contributed by atoms with Crippen LogP contribution >= 0.6 is 11.8 Å². The van der Waals surface area contributed by atoms with E-state index >= 15 is 0 Å². The van der Waals surface area contributed by atoms with Gasteiger partial charge in [0.05, 0.1) is 11.5 Å². The van der Waals surface area contributed by atoms with Crippen LogP contribution in [0.1, 0.15) is 17.5 Å². The van der Waals surface area contributed by atoms with Crippen LogP contribution in [0.25, 0.3) is 0 Å². The first-order chi connectivity index (χ1) is 7.16. The van der Waals surface area contributed by atoms with Gasteiger partial charge in [0.15, 0.2) is 10.9 Å². The highest BCUT2D eigenvalue weighted by Gasteiger charge is 2.26. The van der Waals surface area contributed by atoms with E-state index in [1.165, 1.54) is 24.1 Å². The summed E-state index contributed by atoms with van der Waals surface area (Å²) in [6.07, 6.45) is 1.40. The van der Waals surface area contributed by atoms with Crippen LogP contribution in [0.2, 0.25) is 0 Å². The number of hydrogen-bond acceptors (Lipinski definition) is 4. The van der Waals surface area contributed by atoms with Crippen molar-refractivity contribution in [1.82, 2.24) is 5.32 Å². The summed E-state index contributed by atoms with van der Waals surface area (Å²) in [5.74, 6) is -0.459. The van der Waals surface area contributed by atoms with E-state index in [9.17, 15) is 9.59 Å². The smallest absolute Gasteiger partial charge is 0.315 e. The highest BCUT2D eigenvalue weighted by molar-refractivity contribution is 8.15. The molecule has 0 bridgehead atoms. The largest absolute Gasteiger partial charge is 0.459 e. The zero-order chi connectivity index (χ0) is 10.8. The number of aliphatic imine (C=N–C) groups is 1. The average molecular weight is 224 g/mol. The van der Waals surface area contributed by atoms with Gasteiger partial charge in [0.25, 0.3) is 0 Å². The van der Waals surface area contributed by atoms with E-state index < -0.39 is 5.91 Å². The fraction of sp³-hybridized carbons (Fsp3) is 0.222. The van der Waals surface area contributed by atoms with Crippen molar-refractivity contribution in [2.24, 2.45) is 4.99 Å². The topological polar surface area (TPSA) is 71.7 Å². The summed E-state index contributed by atoms with van der Waals surface area (Å²) >= 11 is 1.23. The van der Waals surface area contributed by atoms with Gasteiger partial charge in [-0.05, 0) is 19.1 Å². The third-order valence-corrected chi connectivity index (χ3v) is 2.81. The van der Waals surface area contributed by atoms with Crippen molar-refractivity contribution < 1.29 is 14.0 Å². The van der Waals surface area contributed by atoms with Gasteiger partial charge < -0.3 is 9.73 Å². The third kappa shape index (κ3) is 2.10. The highest BCUT2D eigenvalue weighted by Crippen LogP contribution is 2.18. The molecule has 1 aliphatic heterocycles. The van der Waals surface area contributed by atoms with E-state index in [-0.39, 0.29) is 16.9 Å². The Hall–Kier alpha value is -1.56. The predicted octanol–water partition coefficient (Wildman–Crippen LogP) is 1.03. The second-order valence-corrected chi connectivity index (χ2v) is 4.28. The normalized spacial score (nSPS) is 23.1. The maximum absolute atomic E-state index is 11.4. The summed E-state index contributed by atoms with van der Waals surface area (Å²) in [5, 5.41) is 2.63. The molecule has 1 atom stereocenters. The van der Waals surface area contributed by atoms with Crippen LogP contribution in [-0.2, 0) is 4.79 Å². The van der Waals surface area contributed by atoms with Gasteiger partial charge >= 0.3 is 5.91 Å². The molecule has 0 unspecified atom stereocenters. The number of amidine groups is 1. The fourth-order valence-electron chi connectivity index (χ4n) is 1.06. The molecule has 1 aromatic rings. The molecule has 1 fully saturated rings. The molecule has 2 amide bonds. The lowest BCUT2D eigenvalue weighted by atomic mass is 10.4. The predicted molar refractivity (Wildman–Crippen MR) is 55.7 cm³/mol. The minimum atomic E-state index is -0.489. The number of rotatable bonds is 1. The van der Waals surface area contributed by atoms with Gasteiger partial charge in [-0.25, -0.2) is 0 Å². The minimum Gasteiger partial charge on any atom is -0.459 e. The van der Waals surface area contributed by atoms with Crippen LogP contribution in [0.5, 0.6) is 0 Å². The number of carbonyl (C=O) groups excluding carboxylic acids is 2. The summed E-state index contributed by atoms with van der Waals surface area (Å²) in [6, 6.07) is 3.13. The summed E-state index contributed by atoms with van der Waals surface area (Å²) in [6.45, 7) is 1.75. The summed E-state index contributed by atoms with van der Waals surface area (Å²) < 4.78 is 4.88. The van der Waals surface area contributed by atoms with Gasteiger partial charge in [-0.1, -0.05) is 11.8 Å². The standard InChI is InChI=1S/C9H8N2O3S/c1-5-7(12)10-9(15-5)11-8(13)6-3-2-4-14-6/h2-5H,1H3,(H,10,11,12,13)/t5-/m0/s1. The van der Waals surface area contributed by atoms with E-state index in [1.54, 1.807) is 13.0 Å². The Morgan fingerprint density at radius 1 is 1.67 bits per heavy atom. The Bertz CT molecular complexity index is 425. The number of carbonyl (C=O) groups is 2. The number of nitrogens with one attached hydrogen (secondary N) is 1.